The summed E-state index contributed by atoms with van der Waals surface area (Å²) in [5.41, 5.74) is 2.38. The van der Waals surface area contributed by atoms with Crippen molar-refractivity contribution in [2.75, 3.05) is 25.1 Å². The Bertz CT molecular complexity index is 736. The highest BCUT2D eigenvalue weighted by Crippen LogP contribution is 2.23. The summed E-state index contributed by atoms with van der Waals surface area (Å²) < 4.78 is 18.3. The van der Waals surface area contributed by atoms with E-state index < -0.39 is 6.10 Å². The molecular weight excluding hydrogens is 323 g/mol. The smallest absolute Gasteiger partial charge is 0.322 e. The molecule has 1 aliphatic rings. The molecule has 1 heterocycles. The average Bonchev–Trinajstić information content (AvgIpc) is 3.02. The second-order valence-electron chi connectivity index (χ2n) is 5.98. The minimum atomic E-state index is -0.670. The lowest BCUT2D eigenvalue weighted by Crippen LogP contribution is -2.48. The Morgan fingerprint density at radius 1 is 1.24 bits per heavy atom. The summed E-state index contributed by atoms with van der Waals surface area (Å²) >= 11 is 0. The molecule has 132 valence electrons. The van der Waals surface area contributed by atoms with E-state index in [4.69, 9.17) is 4.74 Å². The summed E-state index contributed by atoms with van der Waals surface area (Å²) in [4.78, 5) is 14.1. The number of hydrogen-bond acceptors (Lipinski definition) is 3. The predicted molar refractivity (Wildman–Crippen MR) is 93.8 cm³/mol. The fourth-order valence-corrected chi connectivity index (χ4v) is 2.97. The van der Waals surface area contributed by atoms with E-state index in [1.165, 1.54) is 12.1 Å². The molecule has 1 saturated heterocycles. The number of nitrogens with zero attached hydrogens (tertiary/aromatic N) is 1. The topological polar surface area (TPSA) is 61.8 Å². The molecule has 0 saturated carbocycles. The largest absolute Gasteiger partial charge is 0.388 e. The number of hydrogen-bond donors (Lipinski definition) is 2. The molecule has 5 nitrogen and oxygen atoms in total. The quantitative estimate of drug-likeness (QED) is 0.896. The normalized spacial score (nSPS) is 19.6. The van der Waals surface area contributed by atoms with Crippen LogP contribution in [0.2, 0.25) is 0 Å². The van der Waals surface area contributed by atoms with Gasteiger partial charge in [-0.2, -0.15) is 0 Å². The van der Waals surface area contributed by atoms with Gasteiger partial charge in [0.05, 0.1) is 25.4 Å². The molecule has 0 unspecified atom stereocenters. The highest BCUT2D eigenvalue weighted by molar-refractivity contribution is 5.90. The van der Waals surface area contributed by atoms with E-state index in [1.54, 1.807) is 23.1 Å². The van der Waals surface area contributed by atoms with Crippen molar-refractivity contribution in [3.8, 4) is 11.1 Å². The lowest BCUT2D eigenvalue weighted by Gasteiger charge is -2.28. The van der Waals surface area contributed by atoms with E-state index in [-0.39, 0.29) is 24.5 Å². The average molecular weight is 344 g/mol. The van der Waals surface area contributed by atoms with E-state index in [9.17, 15) is 14.3 Å². The lowest BCUT2D eigenvalue weighted by molar-refractivity contribution is 0.1000. The van der Waals surface area contributed by atoms with Crippen molar-refractivity contribution in [3.05, 3.63) is 54.3 Å². The van der Waals surface area contributed by atoms with Gasteiger partial charge in [0.2, 0.25) is 0 Å². The van der Waals surface area contributed by atoms with Gasteiger partial charge >= 0.3 is 6.03 Å². The van der Waals surface area contributed by atoms with Crippen molar-refractivity contribution in [1.29, 1.82) is 0 Å². The number of carbonyl (C=O) groups is 1. The fourth-order valence-electron chi connectivity index (χ4n) is 2.97. The van der Waals surface area contributed by atoms with Crippen molar-refractivity contribution in [2.24, 2.45) is 0 Å². The summed E-state index contributed by atoms with van der Waals surface area (Å²) in [6, 6.07) is 12.9. The van der Waals surface area contributed by atoms with E-state index >= 15 is 0 Å². The molecule has 0 spiro atoms. The van der Waals surface area contributed by atoms with E-state index in [1.807, 2.05) is 25.1 Å². The summed E-state index contributed by atoms with van der Waals surface area (Å²) in [6.45, 7) is 2.90. The van der Waals surface area contributed by atoms with Crippen LogP contribution in [0.4, 0.5) is 14.9 Å². The third-order valence-electron chi connectivity index (χ3n) is 4.31. The minimum absolute atomic E-state index is 0.245. The van der Waals surface area contributed by atoms with Gasteiger partial charge in [-0.3, -0.25) is 0 Å². The first kappa shape index (κ1) is 17.4. The number of carbonyl (C=O) groups excluding carboxylic acids is 1. The number of nitrogens with one attached hydrogen (secondary N) is 1. The van der Waals surface area contributed by atoms with Gasteiger partial charge in [-0.25, -0.2) is 9.18 Å². The van der Waals surface area contributed by atoms with E-state index in [0.717, 1.165) is 11.1 Å². The Morgan fingerprint density at radius 2 is 2.00 bits per heavy atom. The van der Waals surface area contributed by atoms with Crippen LogP contribution in [0.3, 0.4) is 0 Å². The van der Waals surface area contributed by atoms with Crippen LogP contribution in [0.5, 0.6) is 0 Å². The Morgan fingerprint density at radius 3 is 2.64 bits per heavy atom. The van der Waals surface area contributed by atoms with Gasteiger partial charge in [0.25, 0.3) is 0 Å². The molecule has 2 N–H and O–H groups in total. The molecule has 0 aromatic heterocycles. The SMILES string of the molecule is CCN(C(=O)Nc1cccc(-c2ccc(F)cc2)c1)[C@@H]1COC[C@H]1O. The molecule has 25 heavy (non-hydrogen) atoms. The van der Waals surface area contributed by atoms with Crippen LogP contribution in [-0.2, 0) is 4.74 Å². The van der Waals surface area contributed by atoms with Gasteiger partial charge in [-0.05, 0) is 42.3 Å². The molecule has 2 aromatic rings. The van der Waals surface area contributed by atoms with Crippen LogP contribution in [0.15, 0.2) is 48.5 Å². The lowest BCUT2D eigenvalue weighted by atomic mass is 10.1. The zero-order valence-corrected chi connectivity index (χ0v) is 14.0. The highest BCUT2D eigenvalue weighted by Gasteiger charge is 2.33. The summed E-state index contributed by atoms with van der Waals surface area (Å²) in [7, 11) is 0. The first-order valence-electron chi connectivity index (χ1n) is 8.28. The Balaban J connectivity index is 1.74. The summed E-state index contributed by atoms with van der Waals surface area (Å²) in [5, 5.41) is 12.8. The van der Waals surface area contributed by atoms with Crippen LogP contribution in [-0.4, -0.2) is 47.9 Å². The second kappa shape index (κ2) is 7.63. The first-order chi connectivity index (χ1) is 12.1. The molecule has 0 bridgehead atoms. The van der Waals surface area contributed by atoms with Crippen molar-refractivity contribution in [3.63, 3.8) is 0 Å². The number of ether oxygens (including phenoxy) is 1. The van der Waals surface area contributed by atoms with Crippen LogP contribution in [0, 0.1) is 5.82 Å². The van der Waals surface area contributed by atoms with Crippen LogP contribution in [0.25, 0.3) is 11.1 Å². The summed E-state index contributed by atoms with van der Waals surface area (Å²) in [6.07, 6.45) is -0.670. The molecule has 2 amide bonds. The number of rotatable bonds is 4. The van der Waals surface area contributed by atoms with Crippen LogP contribution >= 0.6 is 0 Å². The number of benzene rings is 2. The highest BCUT2D eigenvalue weighted by atomic mass is 19.1. The second-order valence-corrected chi connectivity index (χ2v) is 5.98. The third kappa shape index (κ3) is 3.97. The molecule has 0 aliphatic carbocycles. The van der Waals surface area contributed by atoms with Gasteiger partial charge in [0, 0.05) is 12.2 Å². The minimum Gasteiger partial charge on any atom is -0.388 e. The maximum atomic E-state index is 13.1. The standard InChI is InChI=1S/C19H21FN2O3/c1-2-22(17-11-25-12-18(17)23)19(24)21-16-5-3-4-14(10-16)13-6-8-15(20)9-7-13/h3-10,17-18,23H,2,11-12H2,1H3,(H,21,24)/t17-,18-/m1/s1. The molecule has 1 aliphatic heterocycles. The van der Waals surface area contributed by atoms with Crippen molar-refractivity contribution in [1.82, 2.24) is 4.90 Å². The van der Waals surface area contributed by atoms with E-state index in [2.05, 4.69) is 5.32 Å². The number of aliphatic hydroxyl groups excluding tert-OH is 1. The molecule has 2 atom stereocenters. The molecule has 0 radical (unpaired) electrons. The van der Waals surface area contributed by atoms with Crippen molar-refractivity contribution >= 4 is 11.7 Å². The maximum absolute atomic E-state index is 13.1. The Labute approximate surface area is 146 Å². The van der Waals surface area contributed by atoms with Crippen LogP contribution in [0.1, 0.15) is 6.92 Å². The van der Waals surface area contributed by atoms with Crippen molar-refractivity contribution in [2.45, 2.75) is 19.1 Å². The predicted octanol–water partition coefficient (Wildman–Crippen LogP) is 3.11. The number of amides is 2. The molecule has 2 aromatic carbocycles. The molecule has 6 heteroatoms. The molecular formula is C19H21FN2O3. The number of urea groups is 1. The van der Waals surface area contributed by atoms with Crippen molar-refractivity contribution < 1.29 is 19.0 Å². The van der Waals surface area contributed by atoms with Gasteiger partial charge in [-0.1, -0.05) is 24.3 Å². The van der Waals surface area contributed by atoms with Gasteiger partial charge in [0.1, 0.15) is 5.82 Å². The number of aliphatic hydroxyl groups is 1. The maximum Gasteiger partial charge on any atom is 0.322 e. The Hall–Kier alpha value is -2.44. The fraction of sp³-hybridized carbons (Fsp3) is 0.316. The van der Waals surface area contributed by atoms with Gasteiger partial charge in [-0.15, -0.1) is 0 Å². The number of likely N-dealkylation sites (N-methyl/N-ethyl adjacent to an activating group) is 1. The van der Waals surface area contributed by atoms with Crippen LogP contribution < -0.4 is 5.32 Å². The zero-order chi connectivity index (χ0) is 17.8. The van der Waals surface area contributed by atoms with Gasteiger partial charge in [0.15, 0.2) is 0 Å². The van der Waals surface area contributed by atoms with E-state index in [0.29, 0.717) is 18.8 Å². The molecule has 3 rings (SSSR count). The third-order valence-corrected chi connectivity index (χ3v) is 4.31. The monoisotopic (exact) mass is 344 g/mol. The Kier molecular flexibility index (Phi) is 5.31. The molecule has 1 fully saturated rings. The van der Waals surface area contributed by atoms with Gasteiger partial charge < -0.3 is 20.1 Å². The first-order valence-corrected chi connectivity index (χ1v) is 8.28. The summed E-state index contributed by atoms with van der Waals surface area (Å²) in [5.74, 6) is -0.288. The number of anilines is 1. The zero-order valence-electron chi connectivity index (χ0n) is 14.0. The number of halogens is 1.